The Hall–Kier alpha value is -1.55. The zero-order chi connectivity index (χ0) is 14.6. The number of anilines is 1. The first-order chi connectivity index (χ1) is 9.66. The molecule has 0 saturated heterocycles. The predicted molar refractivity (Wildman–Crippen MR) is 82.0 cm³/mol. The number of oxazole rings is 1. The van der Waals surface area contributed by atoms with E-state index in [-0.39, 0.29) is 12.0 Å². The van der Waals surface area contributed by atoms with Crippen molar-refractivity contribution in [3.8, 4) is 0 Å². The van der Waals surface area contributed by atoms with Crippen LogP contribution in [0.3, 0.4) is 0 Å². The number of nitrogens with one attached hydrogen (secondary N) is 1. The normalized spacial score (nSPS) is 12.0. The van der Waals surface area contributed by atoms with Crippen LogP contribution in [-0.2, 0) is 6.42 Å². The minimum atomic E-state index is -0.0483. The Balaban J connectivity index is 2.13. The summed E-state index contributed by atoms with van der Waals surface area (Å²) in [5, 5.41) is 13.0. The topological polar surface area (TPSA) is 58.3 Å². The molecule has 1 aromatic heterocycles. The molecule has 2 rings (SSSR count). The van der Waals surface area contributed by atoms with Crippen molar-refractivity contribution in [2.45, 2.75) is 40.0 Å². The van der Waals surface area contributed by atoms with Crippen molar-refractivity contribution in [2.24, 2.45) is 5.41 Å². The standard InChI is InChI=1S/C16H24N2O2/c1-4-15-18-13-9-12(7-8-14(13)20-15)17-10-16(5-2,6-3)11-19/h7-9,17,19H,4-6,10-11H2,1-3H3. The molecule has 0 amide bonds. The molecule has 0 spiro atoms. The molecule has 2 aromatic rings. The number of benzene rings is 1. The van der Waals surface area contributed by atoms with E-state index in [1.54, 1.807) is 0 Å². The predicted octanol–water partition coefficient (Wildman–Crippen LogP) is 3.60. The summed E-state index contributed by atoms with van der Waals surface area (Å²) in [5.74, 6) is 0.768. The second-order valence-corrected chi connectivity index (χ2v) is 5.36. The van der Waals surface area contributed by atoms with E-state index in [0.717, 1.165) is 48.5 Å². The van der Waals surface area contributed by atoms with Crippen LogP contribution in [0.1, 0.15) is 39.5 Å². The third-order valence-corrected chi connectivity index (χ3v) is 4.24. The molecule has 2 N–H and O–H groups in total. The molecule has 0 atom stereocenters. The zero-order valence-electron chi connectivity index (χ0n) is 12.6. The fourth-order valence-corrected chi connectivity index (χ4v) is 2.31. The first-order valence-corrected chi connectivity index (χ1v) is 7.40. The molecule has 0 aliphatic rings. The van der Waals surface area contributed by atoms with Crippen molar-refractivity contribution in [3.63, 3.8) is 0 Å². The third-order valence-electron chi connectivity index (χ3n) is 4.24. The Morgan fingerprint density at radius 3 is 2.60 bits per heavy atom. The summed E-state index contributed by atoms with van der Waals surface area (Å²) in [6.07, 6.45) is 2.72. The van der Waals surface area contributed by atoms with E-state index in [9.17, 15) is 5.11 Å². The molecule has 0 aliphatic heterocycles. The first kappa shape index (κ1) is 14.9. The summed E-state index contributed by atoms with van der Waals surface area (Å²) in [7, 11) is 0. The smallest absolute Gasteiger partial charge is 0.195 e. The van der Waals surface area contributed by atoms with E-state index < -0.39 is 0 Å². The Morgan fingerprint density at radius 2 is 2.00 bits per heavy atom. The Kier molecular flexibility index (Phi) is 4.65. The van der Waals surface area contributed by atoms with E-state index in [2.05, 4.69) is 24.1 Å². The summed E-state index contributed by atoms with van der Waals surface area (Å²) < 4.78 is 5.60. The van der Waals surface area contributed by atoms with Gasteiger partial charge in [-0.15, -0.1) is 0 Å². The van der Waals surface area contributed by atoms with Gasteiger partial charge in [-0.1, -0.05) is 20.8 Å². The maximum atomic E-state index is 9.59. The summed E-state index contributed by atoms with van der Waals surface area (Å²) in [5.41, 5.74) is 2.68. The lowest BCUT2D eigenvalue weighted by Crippen LogP contribution is -2.32. The van der Waals surface area contributed by atoms with Gasteiger partial charge in [0, 0.05) is 24.1 Å². The Bertz CT molecular complexity index is 550. The van der Waals surface area contributed by atoms with Crippen molar-refractivity contribution in [1.82, 2.24) is 4.98 Å². The molecular formula is C16H24N2O2. The number of hydrogen-bond acceptors (Lipinski definition) is 4. The van der Waals surface area contributed by atoms with Crippen LogP contribution in [0.25, 0.3) is 11.1 Å². The van der Waals surface area contributed by atoms with Gasteiger partial charge in [0.2, 0.25) is 0 Å². The molecule has 0 fully saturated rings. The van der Waals surface area contributed by atoms with Crippen LogP contribution in [0, 0.1) is 5.41 Å². The summed E-state index contributed by atoms with van der Waals surface area (Å²) in [6, 6.07) is 5.95. The van der Waals surface area contributed by atoms with Crippen molar-refractivity contribution in [2.75, 3.05) is 18.5 Å². The van der Waals surface area contributed by atoms with Gasteiger partial charge in [0.15, 0.2) is 11.5 Å². The van der Waals surface area contributed by atoms with E-state index in [0.29, 0.717) is 0 Å². The third kappa shape index (κ3) is 2.96. The fraction of sp³-hybridized carbons (Fsp3) is 0.562. The van der Waals surface area contributed by atoms with Crippen LogP contribution in [0.4, 0.5) is 5.69 Å². The van der Waals surface area contributed by atoms with Gasteiger partial charge >= 0.3 is 0 Å². The number of aryl methyl sites for hydroxylation is 1. The molecule has 1 aromatic carbocycles. The van der Waals surface area contributed by atoms with Crippen LogP contribution in [0.15, 0.2) is 22.6 Å². The van der Waals surface area contributed by atoms with Crippen molar-refractivity contribution in [1.29, 1.82) is 0 Å². The number of aliphatic hydroxyl groups excluding tert-OH is 1. The van der Waals surface area contributed by atoms with Gasteiger partial charge < -0.3 is 14.8 Å². The van der Waals surface area contributed by atoms with Crippen LogP contribution < -0.4 is 5.32 Å². The highest BCUT2D eigenvalue weighted by Crippen LogP contribution is 2.27. The largest absolute Gasteiger partial charge is 0.441 e. The molecule has 1 heterocycles. The lowest BCUT2D eigenvalue weighted by Gasteiger charge is -2.30. The van der Waals surface area contributed by atoms with E-state index in [1.165, 1.54) is 0 Å². The summed E-state index contributed by atoms with van der Waals surface area (Å²) in [6.45, 7) is 7.24. The molecule has 0 radical (unpaired) electrons. The Morgan fingerprint density at radius 1 is 1.25 bits per heavy atom. The average molecular weight is 276 g/mol. The lowest BCUT2D eigenvalue weighted by atomic mass is 9.83. The minimum absolute atomic E-state index is 0.0483. The number of aliphatic hydroxyl groups is 1. The quantitative estimate of drug-likeness (QED) is 0.811. The highest BCUT2D eigenvalue weighted by atomic mass is 16.3. The van der Waals surface area contributed by atoms with Gasteiger partial charge in [-0.05, 0) is 31.0 Å². The van der Waals surface area contributed by atoms with Crippen LogP contribution >= 0.6 is 0 Å². The number of aromatic nitrogens is 1. The first-order valence-electron chi connectivity index (χ1n) is 7.40. The van der Waals surface area contributed by atoms with Gasteiger partial charge in [0.05, 0.1) is 6.61 Å². The Labute approximate surface area is 120 Å². The molecular weight excluding hydrogens is 252 g/mol. The zero-order valence-corrected chi connectivity index (χ0v) is 12.6. The van der Waals surface area contributed by atoms with Crippen LogP contribution in [0.5, 0.6) is 0 Å². The van der Waals surface area contributed by atoms with E-state index >= 15 is 0 Å². The SMILES string of the molecule is CCc1nc2cc(NCC(CC)(CC)CO)ccc2o1. The van der Waals surface area contributed by atoms with Gasteiger partial charge in [-0.25, -0.2) is 4.98 Å². The molecule has 0 unspecified atom stereocenters. The number of hydrogen-bond donors (Lipinski definition) is 2. The second-order valence-electron chi connectivity index (χ2n) is 5.36. The molecule has 4 nitrogen and oxygen atoms in total. The molecule has 20 heavy (non-hydrogen) atoms. The summed E-state index contributed by atoms with van der Waals surface area (Å²) >= 11 is 0. The number of fused-ring (bicyclic) bond motifs is 1. The van der Waals surface area contributed by atoms with Crippen molar-refractivity contribution in [3.05, 3.63) is 24.1 Å². The van der Waals surface area contributed by atoms with Crippen molar-refractivity contribution >= 4 is 16.8 Å². The lowest BCUT2D eigenvalue weighted by molar-refractivity contribution is 0.127. The molecule has 0 saturated carbocycles. The van der Waals surface area contributed by atoms with Gasteiger partial charge in [0.25, 0.3) is 0 Å². The number of nitrogens with zero attached hydrogens (tertiary/aromatic N) is 1. The minimum Gasteiger partial charge on any atom is -0.441 e. The molecule has 0 aliphatic carbocycles. The van der Waals surface area contributed by atoms with Gasteiger partial charge in [-0.2, -0.15) is 0 Å². The second kappa shape index (κ2) is 6.27. The fourth-order valence-electron chi connectivity index (χ4n) is 2.31. The highest BCUT2D eigenvalue weighted by molar-refractivity contribution is 5.77. The molecule has 110 valence electrons. The average Bonchev–Trinajstić information content (AvgIpc) is 2.91. The maximum Gasteiger partial charge on any atom is 0.195 e. The molecule has 4 heteroatoms. The number of rotatable bonds is 7. The van der Waals surface area contributed by atoms with Crippen molar-refractivity contribution < 1.29 is 9.52 Å². The van der Waals surface area contributed by atoms with Gasteiger partial charge in [0.1, 0.15) is 5.52 Å². The summed E-state index contributed by atoms with van der Waals surface area (Å²) in [4.78, 5) is 4.44. The maximum absolute atomic E-state index is 9.59. The highest BCUT2D eigenvalue weighted by Gasteiger charge is 2.24. The molecule has 0 bridgehead atoms. The monoisotopic (exact) mass is 276 g/mol. The van der Waals surface area contributed by atoms with E-state index in [4.69, 9.17) is 4.42 Å². The van der Waals surface area contributed by atoms with Crippen LogP contribution in [-0.4, -0.2) is 23.2 Å². The van der Waals surface area contributed by atoms with Crippen LogP contribution in [0.2, 0.25) is 0 Å². The van der Waals surface area contributed by atoms with E-state index in [1.807, 2.05) is 25.1 Å². The van der Waals surface area contributed by atoms with Gasteiger partial charge in [-0.3, -0.25) is 0 Å².